The summed E-state index contributed by atoms with van der Waals surface area (Å²) < 4.78 is 5.34. The van der Waals surface area contributed by atoms with E-state index >= 15 is 0 Å². The lowest BCUT2D eigenvalue weighted by atomic mass is 10.1. The Kier molecular flexibility index (Phi) is 2.25. The van der Waals surface area contributed by atoms with Crippen LogP contribution in [0.2, 0.25) is 0 Å². The van der Waals surface area contributed by atoms with E-state index in [1.165, 1.54) is 0 Å². The molecule has 1 heterocycles. The van der Waals surface area contributed by atoms with Crippen LogP contribution >= 0.6 is 0 Å². The van der Waals surface area contributed by atoms with Crippen LogP contribution in [0.5, 0.6) is 0 Å². The molecule has 1 aromatic carbocycles. The van der Waals surface area contributed by atoms with Gasteiger partial charge < -0.3 is 9.84 Å². The number of hydrogen-bond acceptors (Lipinski definition) is 3. The first-order valence-electron chi connectivity index (χ1n) is 4.76. The van der Waals surface area contributed by atoms with Crippen molar-refractivity contribution in [2.24, 2.45) is 0 Å². The van der Waals surface area contributed by atoms with Crippen molar-refractivity contribution in [3.8, 4) is 0 Å². The summed E-state index contributed by atoms with van der Waals surface area (Å²) in [6, 6.07) is 6.31. The summed E-state index contributed by atoms with van der Waals surface area (Å²) in [6.45, 7) is 4.10. The zero-order chi connectivity index (χ0) is 10.1. The van der Waals surface area contributed by atoms with Crippen molar-refractivity contribution >= 4 is 10.9 Å². The number of aryl methyl sites for hydroxylation is 1. The van der Waals surface area contributed by atoms with Gasteiger partial charge in [-0.1, -0.05) is 17.3 Å². The molecule has 0 radical (unpaired) electrons. The molecule has 1 unspecified atom stereocenters. The molecule has 14 heavy (non-hydrogen) atoms. The van der Waals surface area contributed by atoms with Crippen molar-refractivity contribution in [2.75, 3.05) is 7.05 Å². The Morgan fingerprint density at radius 3 is 2.93 bits per heavy atom. The molecular weight excluding hydrogens is 176 g/mol. The van der Waals surface area contributed by atoms with E-state index in [1.807, 2.05) is 32.2 Å². The molecule has 0 spiro atoms. The van der Waals surface area contributed by atoms with Crippen molar-refractivity contribution in [3.63, 3.8) is 0 Å². The SMILES string of the molecule is CNC(C)c1onc2c(C)cccc12. The minimum Gasteiger partial charge on any atom is -0.358 e. The van der Waals surface area contributed by atoms with E-state index in [0.29, 0.717) is 0 Å². The highest BCUT2D eigenvalue weighted by Gasteiger charge is 2.14. The summed E-state index contributed by atoms with van der Waals surface area (Å²) >= 11 is 0. The Bertz CT molecular complexity index is 447. The van der Waals surface area contributed by atoms with E-state index in [9.17, 15) is 0 Å². The van der Waals surface area contributed by atoms with Crippen LogP contribution in [0.3, 0.4) is 0 Å². The number of nitrogens with one attached hydrogen (secondary N) is 1. The predicted molar refractivity (Wildman–Crippen MR) is 56.2 cm³/mol. The molecule has 1 atom stereocenters. The normalized spacial score (nSPS) is 13.4. The smallest absolute Gasteiger partial charge is 0.161 e. The van der Waals surface area contributed by atoms with Crippen LogP contribution in [0.4, 0.5) is 0 Å². The van der Waals surface area contributed by atoms with Crippen LogP contribution in [0, 0.1) is 6.92 Å². The number of hydrogen-bond donors (Lipinski definition) is 1. The van der Waals surface area contributed by atoms with E-state index in [2.05, 4.69) is 17.4 Å². The van der Waals surface area contributed by atoms with Crippen LogP contribution in [0.1, 0.15) is 24.3 Å². The van der Waals surface area contributed by atoms with Crippen molar-refractivity contribution in [2.45, 2.75) is 19.9 Å². The van der Waals surface area contributed by atoms with Gasteiger partial charge in [-0.15, -0.1) is 0 Å². The average Bonchev–Trinajstić information content (AvgIpc) is 2.62. The lowest BCUT2D eigenvalue weighted by Gasteiger charge is -2.04. The fraction of sp³-hybridized carbons (Fsp3) is 0.364. The molecule has 3 heteroatoms. The number of aromatic nitrogens is 1. The number of benzene rings is 1. The van der Waals surface area contributed by atoms with Gasteiger partial charge in [-0.2, -0.15) is 0 Å². The van der Waals surface area contributed by atoms with Crippen LogP contribution in [0.25, 0.3) is 10.9 Å². The number of rotatable bonds is 2. The third kappa shape index (κ3) is 1.30. The summed E-state index contributed by atoms with van der Waals surface area (Å²) in [7, 11) is 1.91. The van der Waals surface area contributed by atoms with Gasteiger partial charge in [0.05, 0.1) is 6.04 Å². The first kappa shape index (κ1) is 9.21. The Morgan fingerprint density at radius 1 is 1.43 bits per heavy atom. The highest BCUT2D eigenvalue weighted by molar-refractivity contribution is 5.83. The van der Waals surface area contributed by atoms with Crippen molar-refractivity contribution in [1.82, 2.24) is 10.5 Å². The fourth-order valence-corrected chi connectivity index (χ4v) is 1.57. The van der Waals surface area contributed by atoms with Gasteiger partial charge in [0.2, 0.25) is 0 Å². The molecule has 0 saturated heterocycles. The maximum atomic E-state index is 5.34. The number of nitrogens with zero attached hydrogens (tertiary/aromatic N) is 1. The van der Waals surface area contributed by atoms with Gasteiger partial charge in [0.25, 0.3) is 0 Å². The van der Waals surface area contributed by atoms with E-state index in [-0.39, 0.29) is 6.04 Å². The zero-order valence-electron chi connectivity index (χ0n) is 8.66. The van der Waals surface area contributed by atoms with Gasteiger partial charge in [0.15, 0.2) is 5.76 Å². The van der Waals surface area contributed by atoms with E-state index in [0.717, 1.165) is 22.2 Å². The Labute approximate surface area is 83.1 Å². The predicted octanol–water partition coefficient (Wildman–Crippen LogP) is 2.42. The first-order chi connectivity index (χ1) is 6.74. The highest BCUT2D eigenvalue weighted by Crippen LogP contribution is 2.25. The topological polar surface area (TPSA) is 38.1 Å². The molecule has 0 aliphatic carbocycles. The van der Waals surface area contributed by atoms with Crippen LogP contribution < -0.4 is 5.32 Å². The molecule has 1 N–H and O–H groups in total. The standard InChI is InChI=1S/C11H14N2O/c1-7-5-4-6-9-10(7)13-14-11(9)8(2)12-3/h4-6,8,12H,1-3H3. The van der Waals surface area contributed by atoms with E-state index in [4.69, 9.17) is 4.52 Å². The first-order valence-corrected chi connectivity index (χ1v) is 4.76. The Hall–Kier alpha value is -1.35. The molecule has 0 bridgehead atoms. The molecular formula is C11H14N2O. The minimum absolute atomic E-state index is 0.196. The molecule has 3 nitrogen and oxygen atoms in total. The van der Waals surface area contributed by atoms with Gasteiger partial charge in [-0.25, -0.2) is 0 Å². The second-order valence-electron chi connectivity index (χ2n) is 3.53. The monoisotopic (exact) mass is 190 g/mol. The molecule has 0 aliphatic heterocycles. The summed E-state index contributed by atoms with van der Waals surface area (Å²) in [5.74, 6) is 0.909. The quantitative estimate of drug-likeness (QED) is 0.790. The Morgan fingerprint density at radius 2 is 2.21 bits per heavy atom. The molecule has 2 aromatic rings. The van der Waals surface area contributed by atoms with Crippen LogP contribution in [0.15, 0.2) is 22.7 Å². The number of fused-ring (bicyclic) bond motifs is 1. The lowest BCUT2D eigenvalue weighted by Crippen LogP contribution is -2.11. The average molecular weight is 190 g/mol. The van der Waals surface area contributed by atoms with Gasteiger partial charge in [0.1, 0.15) is 5.52 Å². The van der Waals surface area contributed by atoms with Gasteiger partial charge in [-0.3, -0.25) is 0 Å². The third-order valence-electron chi connectivity index (χ3n) is 2.56. The van der Waals surface area contributed by atoms with Crippen LogP contribution in [-0.4, -0.2) is 12.2 Å². The largest absolute Gasteiger partial charge is 0.358 e. The third-order valence-corrected chi connectivity index (χ3v) is 2.56. The molecule has 2 rings (SSSR count). The molecule has 74 valence electrons. The fourth-order valence-electron chi connectivity index (χ4n) is 1.57. The second kappa shape index (κ2) is 3.42. The van der Waals surface area contributed by atoms with Crippen LogP contribution in [-0.2, 0) is 0 Å². The van der Waals surface area contributed by atoms with E-state index < -0.39 is 0 Å². The molecule has 1 aromatic heterocycles. The van der Waals surface area contributed by atoms with Crippen molar-refractivity contribution < 1.29 is 4.52 Å². The maximum Gasteiger partial charge on any atom is 0.161 e. The summed E-state index contributed by atoms with van der Waals surface area (Å²) in [4.78, 5) is 0. The van der Waals surface area contributed by atoms with Crippen molar-refractivity contribution in [3.05, 3.63) is 29.5 Å². The molecule has 0 amide bonds. The summed E-state index contributed by atoms with van der Waals surface area (Å²) in [5.41, 5.74) is 2.12. The highest BCUT2D eigenvalue weighted by atomic mass is 16.5. The minimum atomic E-state index is 0.196. The van der Waals surface area contributed by atoms with Gasteiger partial charge in [-0.05, 0) is 32.5 Å². The molecule has 0 saturated carbocycles. The zero-order valence-corrected chi connectivity index (χ0v) is 8.66. The maximum absolute atomic E-state index is 5.34. The lowest BCUT2D eigenvalue weighted by molar-refractivity contribution is 0.360. The molecule has 0 aliphatic rings. The second-order valence-corrected chi connectivity index (χ2v) is 3.53. The Balaban J connectivity index is 2.63. The van der Waals surface area contributed by atoms with E-state index in [1.54, 1.807) is 0 Å². The van der Waals surface area contributed by atoms with Crippen molar-refractivity contribution in [1.29, 1.82) is 0 Å². The molecule has 0 fully saturated rings. The van der Waals surface area contributed by atoms with Gasteiger partial charge >= 0.3 is 0 Å². The van der Waals surface area contributed by atoms with Gasteiger partial charge in [0, 0.05) is 5.39 Å². The summed E-state index contributed by atoms with van der Waals surface area (Å²) in [5, 5.41) is 8.32. The summed E-state index contributed by atoms with van der Waals surface area (Å²) in [6.07, 6.45) is 0.